The summed E-state index contributed by atoms with van der Waals surface area (Å²) < 4.78 is 36.9. The molecule has 0 spiro atoms. The van der Waals surface area contributed by atoms with Crippen molar-refractivity contribution in [2.24, 2.45) is 0 Å². The zero-order valence-corrected chi connectivity index (χ0v) is 13.8. The summed E-state index contributed by atoms with van der Waals surface area (Å²) in [4.78, 5) is 0.513. The SMILES string of the molecule is COc1ccc(S(=O)(=O)C2=CCOC2(C)c2ccccc2)cc1. The molecule has 0 fully saturated rings. The molecule has 2 aromatic carbocycles. The first-order valence-corrected chi connectivity index (χ1v) is 8.76. The van der Waals surface area contributed by atoms with Gasteiger partial charge in [0.25, 0.3) is 0 Å². The first-order chi connectivity index (χ1) is 11.0. The molecule has 120 valence electrons. The second-order valence-electron chi connectivity index (χ2n) is 5.46. The molecule has 0 aromatic heterocycles. The van der Waals surface area contributed by atoms with Gasteiger partial charge in [-0.25, -0.2) is 8.42 Å². The zero-order chi connectivity index (χ0) is 16.5. The Morgan fingerprint density at radius 2 is 1.70 bits per heavy atom. The van der Waals surface area contributed by atoms with E-state index in [4.69, 9.17) is 9.47 Å². The topological polar surface area (TPSA) is 52.6 Å². The third kappa shape index (κ3) is 2.66. The Kier molecular flexibility index (Phi) is 4.00. The summed E-state index contributed by atoms with van der Waals surface area (Å²) in [6, 6.07) is 15.8. The normalized spacial score (nSPS) is 21.0. The van der Waals surface area contributed by atoms with E-state index in [9.17, 15) is 8.42 Å². The number of methoxy groups -OCH3 is 1. The Morgan fingerprint density at radius 3 is 2.30 bits per heavy atom. The van der Waals surface area contributed by atoms with E-state index in [-0.39, 0.29) is 16.4 Å². The molecule has 0 radical (unpaired) electrons. The van der Waals surface area contributed by atoms with Crippen LogP contribution in [0.4, 0.5) is 0 Å². The van der Waals surface area contributed by atoms with Crippen LogP contribution >= 0.6 is 0 Å². The fourth-order valence-electron chi connectivity index (χ4n) is 2.78. The number of benzene rings is 2. The van der Waals surface area contributed by atoms with Gasteiger partial charge in [0.2, 0.25) is 9.84 Å². The molecule has 1 unspecified atom stereocenters. The van der Waals surface area contributed by atoms with Crippen molar-refractivity contribution in [3.05, 3.63) is 71.1 Å². The summed E-state index contributed by atoms with van der Waals surface area (Å²) in [5.41, 5.74) is -0.152. The van der Waals surface area contributed by atoms with Gasteiger partial charge >= 0.3 is 0 Å². The number of rotatable bonds is 4. The van der Waals surface area contributed by atoms with E-state index in [0.717, 1.165) is 5.56 Å². The molecule has 1 aliphatic rings. The fourth-order valence-corrected chi connectivity index (χ4v) is 4.51. The lowest BCUT2D eigenvalue weighted by molar-refractivity contribution is 0.0358. The fraction of sp³-hybridized carbons (Fsp3) is 0.222. The number of hydrogen-bond acceptors (Lipinski definition) is 4. The molecule has 0 amide bonds. The van der Waals surface area contributed by atoms with Crippen molar-refractivity contribution in [1.82, 2.24) is 0 Å². The van der Waals surface area contributed by atoms with Gasteiger partial charge in [-0.15, -0.1) is 0 Å². The molecule has 0 saturated heterocycles. The van der Waals surface area contributed by atoms with Gasteiger partial charge in [-0.2, -0.15) is 0 Å². The van der Waals surface area contributed by atoms with Crippen molar-refractivity contribution in [1.29, 1.82) is 0 Å². The second-order valence-corrected chi connectivity index (χ2v) is 7.38. The summed E-state index contributed by atoms with van der Waals surface area (Å²) in [5.74, 6) is 0.617. The van der Waals surface area contributed by atoms with Crippen molar-refractivity contribution < 1.29 is 17.9 Å². The van der Waals surface area contributed by atoms with Crippen molar-refractivity contribution in [2.45, 2.75) is 17.4 Å². The summed E-state index contributed by atoms with van der Waals surface area (Å²) >= 11 is 0. The molecule has 0 saturated carbocycles. The Balaban J connectivity index is 2.05. The van der Waals surface area contributed by atoms with E-state index in [1.54, 1.807) is 44.4 Å². The van der Waals surface area contributed by atoms with Gasteiger partial charge in [0.15, 0.2) is 0 Å². The van der Waals surface area contributed by atoms with Crippen molar-refractivity contribution >= 4 is 9.84 Å². The van der Waals surface area contributed by atoms with Crippen LogP contribution in [0.5, 0.6) is 5.75 Å². The van der Waals surface area contributed by atoms with Gasteiger partial charge < -0.3 is 9.47 Å². The van der Waals surface area contributed by atoms with E-state index >= 15 is 0 Å². The van der Waals surface area contributed by atoms with Crippen LogP contribution in [0.15, 0.2) is 70.5 Å². The maximum Gasteiger partial charge on any atom is 0.205 e. The molecule has 2 aromatic rings. The molecule has 5 heteroatoms. The molecule has 4 nitrogen and oxygen atoms in total. The van der Waals surface area contributed by atoms with Crippen LogP contribution in [0, 0.1) is 0 Å². The van der Waals surface area contributed by atoms with Crippen molar-refractivity contribution in [3.8, 4) is 5.75 Å². The number of sulfone groups is 1. The lowest BCUT2D eigenvalue weighted by atomic mass is 9.96. The van der Waals surface area contributed by atoms with E-state index in [1.165, 1.54) is 0 Å². The van der Waals surface area contributed by atoms with E-state index in [2.05, 4.69) is 0 Å². The van der Waals surface area contributed by atoms with Crippen LogP contribution in [-0.2, 0) is 20.2 Å². The minimum Gasteiger partial charge on any atom is -0.497 e. The van der Waals surface area contributed by atoms with Crippen molar-refractivity contribution in [2.75, 3.05) is 13.7 Å². The van der Waals surface area contributed by atoms with Crippen molar-refractivity contribution in [3.63, 3.8) is 0 Å². The monoisotopic (exact) mass is 330 g/mol. The van der Waals surface area contributed by atoms with Gasteiger partial charge in [-0.3, -0.25) is 0 Å². The Morgan fingerprint density at radius 1 is 1.04 bits per heavy atom. The molecule has 3 rings (SSSR count). The highest BCUT2D eigenvalue weighted by atomic mass is 32.2. The third-order valence-corrected chi connectivity index (χ3v) is 6.12. The molecule has 1 heterocycles. The highest BCUT2D eigenvalue weighted by molar-refractivity contribution is 7.95. The predicted octanol–water partition coefficient (Wildman–Crippen LogP) is 3.30. The minimum atomic E-state index is -3.64. The lowest BCUT2D eigenvalue weighted by Crippen LogP contribution is -2.28. The molecular formula is C18H18O4S. The molecule has 23 heavy (non-hydrogen) atoms. The molecule has 0 N–H and O–H groups in total. The standard InChI is InChI=1S/C18H18O4S/c1-18(14-6-4-3-5-7-14)17(12-13-22-18)23(19,20)16-10-8-15(21-2)9-11-16/h3-12H,13H2,1-2H3. The maximum atomic E-state index is 13.0. The van der Waals surface area contributed by atoms with Gasteiger partial charge in [-0.05, 0) is 42.8 Å². The lowest BCUT2D eigenvalue weighted by Gasteiger charge is -2.27. The van der Waals surface area contributed by atoms with Gasteiger partial charge in [-0.1, -0.05) is 30.3 Å². The van der Waals surface area contributed by atoms with Crippen LogP contribution in [0.3, 0.4) is 0 Å². The smallest absolute Gasteiger partial charge is 0.205 e. The van der Waals surface area contributed by atoms with E-state index in [1.807, 2.05) is 30.3 Å². The molecule has 1 atom stereocenters. The zero-order valence-electron chi connectivity index (χ0n) is 13.0. The Hall–Kier alpha value is -2.11. The predicted molar refractivity (Wildman–Crippen MR) is 88.0 cm³/mol. The summed E-state index contributed by atoms with van der Waals surface area (Å²) in [6.45, 7) is 2.07. The van der Waals surface area contributed by atoms with E-state index < -0.39 is 15.4 Å². The quantitative estimate of drug-likeness (QED) is 0.863. The summed E-state index contributed by atoms with van der Waals surface area (Å²) in [7, 11) is -2.09. The molecule has 0 bridgehead atoms. The highest BCUT2D eigenvalue weighted by Crippen LogP contribution is 2.42. The van der Waals surface area contributed by atoms with Gasteiger partial charge in [0.1, 0.15) is 11.4 Å². The maximum absolute atomic E-state index is 13.0. The van der Waals surface area contributed by atoms with Gasteiger partial charge in [0.05, 0.1) is 23.5 Å². The first-order valence-electron chi connectivity index (χ1n) is 7.28. The van der Waals surface area contributed by atoms with Crippen LogP contribution in [-0.4, -0.2) is 22.1 Å². The van der Waals surface area contributed by atoms with Crippen LogP contribution in [0.25, 0.3) is 0 Å². The molecular weight excluding hydrogens is 312 g/mol. The summed E-state index contributed by atoms with van der Waals surface area (Å²) in [5, 5.41) is 0. The number of hydrogen-bond donors (Lipinski definition) is 0. The summed E-state index contributed by atoms with van der Waals surface area (Å²) in [6.07, 6.45) is 1.65. The van der Waals surface area contributed by atoms with Crippen LogP contribution in [0.1, 0.15) is 12.5 Å². The average molecular weight is 330 g/mol. The highest BCUT2D eigenvalue weighted by Gasteiger charge is 2.43. The largest absolute Gasteiger partial charge is 0.497 e. The number of ether oxygens (including phenoxy) is 2. The average Bonchev–Trinajstić information content (AvgIpc) is 3.00. The molecule has 1 aliphatic heterocycles. The van der Waals surface area contributed by atoms with Gasteiger partial charge in [0, 0.05) is 0 Å². The van der Waals surface area contributed by atoms with E-state index in [0.29, 0.717) is 5.75 Å². The van der Waals surface area contributed by atoms with Crippen LogP contribution < -0.4 is 4.74 Å². The Bertz CT molecular complexity index is 823. The minimum absolute atomic E-state index is 0.234. The molecule has 0 aliphatic carbocycles. The first kappa shape index (κ1) is 15.8. The third-order valence-electron chi connectivity index (χ3n) is 4.09. The second kappa shape index (κ2) is 5.83. The Labute approximate surface area is 136 Å². The van der Waals surface area contributed by atoms with Crippen LogP contribution in [0.2, 0.25) is 0 Å².